The predicted molar refractivity (Wildman–Crippen MR) is 73.7 cm³/mol. The zero-order valence-electron chi connectivity index (χ0n) is 11.7. The smallest absolute Gasteiger partial charge is 0.308 e. The molecule has 1 unspecified atom stereocenters. The van der Waals surface area contributed by atoms with Crippen LogP contribution in [-0.4, -0.2) is 28.4 Å². The molecule has 0 aliphatic heterocycles. The number of carbonyl (C=O) groups is 2. The maximum Gasteiger partial charge on any atom is 0.308 e. The number of aryl methyl sites for hydroxylation is 1. The molecule has 1 amide bonds. The lowest BCUT2D eigenvalue weighted by atomic mass is 10.1. The molecule has 0 saturated heterocycles. The molecule has 0 aromatic heterocycles. The Labute approximate surface area is 114 Å². The summed E-state index contributed by atoms with van der Waals surface area (Å²) in [5, 5.41) is 8.95. The molecular formula is C15H21NO3. The Morgan fingerprint density at radius 2 is 1.84 bits per heavy atom. The van der Waals surface area contributed by atoms with Crippen LogP contribution in [0.25, 0.3) is 0 Å². The minimum Gasteiger partial charge on any atom is -0.481 e. The molecule has 4 heteroatoms. The molecule has 1 aromatic carbocycles. The standard InChI is InChI=1S/C15H21NO3/c1-4-14(17)16(9-12(3)15(18)19)10-13-7-5-11(2)6-8-13/h5-8,12H,4,9-10H2,1-3H3,(H,18,19). The number of aliphatic carboxylic acids is 1. The summed E-state index contributed by atoms with van der Waals surface area (Å²) in [5.41, 5.74) is 2.18. The number of carboxylic acids is 1. The monoisotopic (exact) mass is 263 g/mol. The lowest BCUT2D eigenvalue weighted by Gasteiger charge is -2.24. The second kappa shape index (κ2) is 6.92. The van der Waals surface area contributed by atoms with Gasteiger partial charge in [-0.3, -0.25) is 9.59 Å². The first-order valence-corrected chi connectivity index (χ1v) is 6.50. The van der Waals surface area contributed by atoms with Crippen LogP contribution in [0.2, 0.25) is 0 Å². The van der Waals surface area contributed by atoms with Gasteiger partial charge in [-0.1, -0.05) is 43.7 Å². The van der Waals surface area contributed by atoms with Crippen molar-refractivity contribution in [1.29, 1.82) is 0 Å². The van der Waals surface area contributed by atoms with Gasteiger partial charge in [0.1, 0.15) is 0 Å². The van der Waals surface area contributed by atoms with Crippen LogP contribution in [0.4, 0.5) is 0 Å². The average Bonchev–Trinajstić information content (AvgIpc) is 2.39. The van der Waals surface area contributed by atoms with Crippen LogP contribution in [-0.2, 0) is 16.1 Å². The number of benzene rings is 1. The summed E-state index contributed by atoms with van der Waals surface area (Å²) in [6.07, 6.45) is 0.387. The fraction of sp³-hybridized carbons (Fsp3) is 0.467. The van der Waals surface area contributed by atoms with Crippen LogP contribution < -0.4 is 0 Å². The molecule has 1 atom stereocenters. The Bertz CT molecular complexity index is 439. The largest absolute Gasteiger partial charge is 0.481 e. The van der Waals surface area contributed by atoms with Gasteiger partial charge in [-0.05, 0) is 12.5 Å². The molecule has 1 rings (SSSR count). The summed E-state index contributed by atoms with van der Waals surface area (Å²) < 4.78 is 0. The number of rotatable bonds is 6. The molecular weight excluding hydrogens is 242 g/mol. The molecule has 19 heavy (non-hydrogen) atoms. The SMILES string of the molecule is CCC(=O)N(Cc1ccc(C)cc1)CC(C)C(=O)O. The molecule has 0 heterocycles. The van der Waals surface area contributed by atoms with Crippen molar-refractivity contribution in [2.75, 3.05) is 6.54 Å². The van der Waals surface area contributed by atoms with Gasteiger partial charge >= 0.3 is 5.97 Å². The number of carbonyl (C=O) groups excluding carboxylic acids is 1. The van der Waals surface area contributed by atoms with Crippen molar-refractivity contribution in [3.05, 3.63) is 35.4 Å². The highest BCUT2D eigenvalue weighted by Gasteiger charge is 2.19. The first-order chi connectivity index (χ1) is 8.93. The summed E-state index contributed by atoms with van der Waals surface area (Å²) >= 11 is 0. The van der Waals surface area contributed by atoms with Gasteiger partial charge in [-0.25, -0.2) is 0 Å². The van der Waals surface area contributed by atoms with E-state index in [9.17, 15) is 9.59 Å². The van der Waals surface area contributed by atoms with Crippen LogP contribution in [0.1, 0.15) is 31.4 Å². The second-order valence-electron chi connectivity index (χ2n) is 4.85. The van der Waals surface area contributed by atoms with E-state index in [4.69, 9.17) is 5.11 Å². The Balaban J connectivity index is 2.77. The van der Waals surface area contributed by atoms with E-state index < -0.39 is 11.9 Å². The highest BCUT2D eigenvalue weighted by atomic mass is 16.4. The first-order valence-electron chi connectivity index (χ1n) is 6.50. The van der Waals surface area contributed by atoms with E-state index in [2.05, 4.69) is 0 Å². The molecule has 104 valence electrons. The molecule has 1 aromatic rings. The second-order valence-corrected chi connectivity index (χ2v) is 4.85. The van der Waals surface area contributed by atoms with Crippen molar-refractivity contribution in [1.82, 2.24) is 4.90 Å². The minimum atomic E-state index is -0.877. The maximum atomic E-state index is 11.9. The lowest BCUT2D eigenvalue weighted by Crippen LogP contribution is -2.36. The quantitative estimate of drug-likeness (QED) is 0.857. The van der Waals surface area contributed by atoms with Crippen molar-refractivity contribution in [3.63, 3.8) is 0 Å². The Kier molecular flexibility index (Phi) is 5.55. The van der Waals surface area contributed by atoms with E-state index in [1.54, 1.807) is 18.7 Å². The molecule has 0 spiro atoms. The summed E-state index contributed by atoms with van der Waals surface area (Å²) in [7, 11) is 0. The van der Waals surface area contributed by atoms with Gasteiger partial charge < -0.3 is 10.0 Å². The fourth-order valence-electron chi connectivity index (χ4n) is 1.80. The van der Waals surface area contributed by atoms with E-state index in [-0.39, 0.29) is 12.5 Å². The number of hydrogen-bond donors (Lipinski definition) is 1. The Morgan fingerprint density at radius 1 is 1.26 bits per heavy atom. The zero-order chi connectivity index (χ0) is 14.4. The van der Waals surface area contributed by atoms with E-state index >= 15 is 0 Å². The number of hydrogen-bond acceptors (Lipinski definition) is 2. The predicted octanol–water partition coefficient (Wildman–Crippen LogP) is 2.45. The van der Waals surface area contributed by atoms with E-state index in [1.165, 1.54) is 0 Å². The highest BCUT2D eigenvalue weighted by Crippen LogP contribution is 2.10. The Morgan fingerprint density at radius 3 is 2.32 bits per heavy atom. The van der Waals surface area contributed by atoms with Crippen LogP contribution in [0.15, 0.2) is 24.3 Å². The van der Waals surface area contributed by atoms with Gasteiger partial charge in [-0.2, -0.15) is 0 Å². The van der Waals surface area contributed by atoms with Crippen LogP contribution in [0.3, 0.4) is 0 Å². The third-order valence-corrected chi connectivity index (χ3v) is 3.07. The first kappa shape index (κ1) is 15.2. The molecule has 0 fully saturated rings. The van der Waals surface area contributed by atoms with E-state index in [0.717, 1.165) is 11.1 Å². The minimum absolute atomic E-state index is 0.0197. The average molecular weight is 263 g/mol. The van der Waals surface area contributed by atoms with Crippen molar-refractivity contribution in [2.45, 2.75) is 33.7 Å². The molecule has 0 aliphatic carbocycles. The third kappa shape index (κ3) is 4.73. The maximum absolute atomic E-state index is 11.9. The molecule has 1 N–H and O–H groups in total. The molecule has 4 nitrogen and oxygen atoms in total. The van der Waals surface area contributed by atoms with Crippen LogP contribution >= 0.6 is 0 Å². The topological polar surface area (TPSA) is 57.6 Å². The molecule has 0 aliphatic rings. The van der Waals surface area contributed by atoms with Gasteiger partial charge in [0.25, 0.3) is 0 Å². The van der Waals surface area contributed by atoms with E-state index in [1.807, 2.05) is 31.2 Å². The van der Waals surface area contributed by atoms with Gasteiger partial charge in [0.05, 0.1) is 5.92 Å². The highest BCUT2D eigenvalue weighted by molar-refractivity contribution is 5.77. The summed E-state index contributed by atoms with van der Waals surface area (Å²) in [6.45, 7) is 6.12. The van der Waals surface area contributed by atoms with Gasteiger partial charge in [0.15, 0.2) is 0 Å². The van der Waals surface area contributed by atoms with Gasteiger partial charge in [0.2, 0.25) is 5.91 Å². The Hall–Kier alpha value is -1.84. The van der Waals surface area contributed by atoms with Gasteiger partial charge in [0, 0.05) is 19.5 Å². The molecule has 0 bridgehead atoms. The van der Waals surface area contributed by atoms with Crippen molar-refractivity contribution in [2.24, 2.45) is 5.92 Å². The summed E-state index contributed by atoms with van der Waals surface area (Å²) in [4.78, 5) is 24.4. The number of amides is 1. The van der Waals surface area contributed by atoms with Crippen molar-refractivity contribution in [3.8, 4) is 0 Å². The lowest BCUT2D eigenvalue weighted by molar-refractivity contribution is -0.143. The molecule has 0 radical (unpaired) electrons. The van der Waals surface area contributed by atoms with Crippen LogP contribution in [0, 0.1) is 12.8 Å². The fourth-order valence-corrected chi connectivity index (χ4v) is 1.80. The normalized spacial score (nSPS) is 11.9. The summed E-state index contributed by atoms with van der Waals surface area (Å²) in [5.74, 6) is -1.45. The third-order valence-electron chi connectivity index (χ3n) is 3.07. The number of nitrogens with zero attached hydrogens (tertiary/aromatic N) is 1. The van der Waals surface area contributed by atoms with E-state index in [0.29, 0.717) is 13.0 Å². The van der Waals surface area contributed by atoms with Gasteiger partial charge in [-0.15, -0.1) is 0 Å². The van der Waals surface area contributed by atoms with Crippen LogP contribution in [0.5, 0.6) is 0 Å². The summed E-state index contributed by atoms with van der Waals surface area (Å²) in [6, 6.07) is 7.92. The van der Waals surface area contributed by atoms with Crippen molar-refractivity contribution < 1.29 is 14.7 Å². The molecule has 0 saturated carbocycles. The zero-order valence-corrected chi connectivity index (χ0v) is 11.7. The number of carboxylic acid groups (broad SMARTS) is 1. The van der Waals surface area contributed by atoms with Crippen molar-refractivity contribution >= 4 is 11.9 Å².